The van der Waals surface area contributed by atoms with Crippen molar-refractivity contribution in [2.75, 3.05) is 13.8 Å². The van der Waals surface area contributed by atoms with Gasteiger partial charge >= 0.3 is 0 Å². The van der Waals surface area contributed by atoms with E-state index in [0.717, 1.165) is 18.0 Å². The molecule has 0 spiro atoms. The smallest absolute Gasteiger partial charge is 0.231 e. The first-order valence-corrected chi connectivity index (χ1v) is 7.79. The fourth-order valence-electron chi connectivity index (χ4n) is 2.87. The molecule has 0 bridgehead atoms. The Kier molecular flexibility index (Phi) is 4.34. The van der Waals surface area contributed by atoms with Gasteiger partial charge in [-0.2, -0.15) is 0 Å². The van der Waals surface area contributed by atoms with Gasteiger partial charge in [-0.05, 0) is 43.1 Å². The van der Waals surface area contributed by atoms with E-state index in [9.17, 15) is 0 Å². The van der Waals surface area contributed by atoms with Crippen molar-refractivity contribution >= 4 is 0 Å². The molecule has 3 nitrogen and oxygen atoms in total. The van der Waals surface area contributed by atoms with E-state index in [1.807, 2.05) is 6.07 Å². The number of hydrogen-bond acceptors (Lipinski definition) is 3. The van der Waals surface area contributed by atoms with Crippen molar-refractivity contribution in [1.82, 2.24) is 4.90 Å². The fourth-order valence-corrected chi connectivity index (χ4v) is 2.87. The number of benzene rings is 2. The van der Waals surface area contributed by atoms with Crippen LogP contribution >= 0.6 is 0 Å². The summed E-state index contributed by atoms with van der Waals surface area (Å²) in [6, 6.07) is 17.3. The minimum atomic E-state index is 0.330. The molecule has 22 heavy (non-hydrogen) atoms. The van der Waals surface area contributed by atoms with Gasteiger partial charge < -0.3 is 9.47 Å². The van der Waals surface area contributed by atoms with Crippen LogP contribution in [0.5, 0.6) is 11.5 Å². The Morgan fingerprint density at radius 1 is 1.00 bits per heavy atom. The molecule has 2 aromatic carbocycles. The second kappa shape index (κ2) is 6.41. The zero-order chi connectivity index (χ0) is 15.5. The molecule has 0 aromatic heterocycles. The van der Waals surface area contributed by atoms with E-state index < -0.39 is 0 Å². The third-order valence-corrected chi connectivity index (χ3v) is 4.62. The summed E-state index contributed by atoms with van der Waals surface area (Å²) in [6.07, 6.45) is 0. The molecule has 2 unspecified atom stereocenters. The first kappa shape index (κ1) is 14.9. The molecule has 0 fully saturated rings. The Labute approximate surface area is 132 Å². The summed E-state index contributed by atoms with van der Waals surface area (Å²) in [4.78, 5) is 2.39. The standard InChI is InChI=1S/C19H23NO2/c1-14(17-9-10-18-19(11-17)22-13-21-18)15(2)20(3)12-16-7-5-4-6-8-16/h4-11,14-15H,12-13H2,1-3H3. The van der Waals surface area contributed by atoms with Gasteiger partial charge in [-0.3, -0.25) is 4.90 Å². The molecular weight excluding hydrogens is 274 g/mol. The summed E-state index contributed by atoms with van der Waals surface area (Å²) in [7, 11) is 2.18. The van der Waals surface area contributed by atoms with E-state index in [-0.39, 0.29) is 0 Å². The predicted molar refractivity (Wildman–Crippen MR) is 88.4 cm³/mol. The molecule has 116 valence electrons. The summed E-state index contributed by atoms with van der Waals surface area (Å²) >= 11 is 0. The Morgan fingerprint density at radius 3 is 2.50 bits per heavy atom. The van der Waals surface area contributed by atoms with Gasteiger partial charge in [0.05, 0.1) is 0 Å². The summed E-state index contributed by atoms with van der Waals surface area (Å²) in [5.41, 5.74) is 2.63. The summed E-state index contributed by atoms with van der Waals surface area (Å²) in [5, 5.41) is 0. The van der Waals surface area contributed by atoms with Crippen molar-refractivity contribution in [2.45, 2.75) is 32.4 Å². The Bertz CT molecular complexity index is 627. The minimum Gasteiger partial charge on any atom is -0.454 e. The average molecular weight is 297 g/mol. The number of nitrogens with zero attached hydrogens (tertiary/aromatic N) is 1. The van der Waals surface area contributed by atoms with Crippen molar-refractivity contribution in [2.24, 2.45) is 0 Å². The van der Waals surface area contributed by atoms with Crippen molar-refractivity contribution < 1.29 is 9.47 Å². The van der Waals surface area contributed by atoms with Gasteiger partial charge in [0.25, 0.3) is 0 Å². The van der Waals surface area contributed by atoms with Crippen LogP contribution in [0, 0.1) is 0 Å². The van der Waals surface area contributed by atoms with Crippen molar-refractivity contribution in [1.29, 1.82) is 0 Å². The molecule has 0 saturated heterocycles. The van der Waals surface area contributed by atoms with E-state index in [1.165, 1.54) is 11.1 Å². The molecule has 0 aliphatic carbocycles. The topological polar surface area (TPSA) is 21.7 Å². The first-order valence-electron chi connectivity index (χ1n) is 7.79. The highest BCUT2D eigenvalue weighted by molar-refractivity contribution is 5.45. The van der Waals surface area contributed by atoms with Crippen molar-refractivity contribution in [3.05, 3.63) is 59.7 Å². The molecule has 3 heteroatoms. The van der Waals surface area contributed by atoms with Gasteiger partial charge in [-0.1, -0.05) is 43.3 Å². The largest absolute Gasteiger partial charge is 0.454 e. The van der Waals surface area contributed by atoms with E-state index >= 15 is 0 Å². The van der Waals surface area contributed by atoms with Crippen LogP contribution in [0.2, 0.25) is 0 Å². The predicted octanol–water partition coefficient (Wildman–Crippen LogP) is 4.04. The highest BCUT2D eigenvalue weighted by Crippen LogP contribution is 2.35. The number of hydrogen-bond donors (Lipinski definition) is 0. The van der Waals surface area contributed by atoms with E-state index in [2.05, 4.69) is 68.3 Å². The molecule has 0 amide bonds. The fraction of sp³-hybridized carbons (Fsp3) is 0.368. The van der Waals surface area contributed by atoms with Gasteiger partial charge in [-0.15, -0.1) is 0 Å². The van der Waals surface area contributed by atoms with Crippen LogP contribution < -0.4 is 9.47 Å². The van der Waals surface area contributed by atoms with Gasteiger partial charge in [0.1, 0.15) is 0 Å². The molecule has 1 heterocycles. The van der Waals surface area contributed by atoms with Crippen LogP contribution in [0.15, 0.2) is 48.5 Å². The van der Waals surface area contributed by atoms with Crippen LogP contribution in [0.4, 0.5) is 0 Å². The Balaban J connectivity index is 1.69. The zero-order valence-electron chi connectivity index (χ0n) is 13.5. The molecule has 2 atom stereocenters. The van der Waals surface area contributed by atoms with Crippen LogP contribution in [0.25, 0.3) is 0 Å². The number of likely N-dealkylation sites (N-methyl/N-ethyl adjacent to an activating group) is 1. The van der Waals surface area contributed by atoms with E-state index in [1.54, 1.807) is 0 Å². The monoisotopic (exact) mass is 297 g/mol. The lowest BCUT2D eigenvalue weighted by Crippen LogP contribution is -2.32. The van der Waals surface area contributed by atoms with Gasteiger partial charge in [-0.25, -0.2) is 0 Å². The third-order valence-electron chi connectivity index (χ3n) is 4.62. The van der Waals surface area contributed by atoms with E-state index in [4.69, 9.17) is 9.47 Å². The van der Waals surface area contributed by atoms with Gasteiger partial charge in [0.15, 0.2) is 11.5 Å². The lowest BCUT2D eigenvalue weighted by molar-refractivity contribution is 0.174. The molecule has 0 N–H and O–H groups in total. The molecule has 0 saturated carbocycles. The molecule has 3 rings (SSSR count). The maximum Gasteiger partial charge on any atom is 0.231 e. The lowest BCUT2D eigenvalue weighted by atomic mass is 9.93. The van der Waals surface area contributed by atoms with Crippen molar-refractivity contribution in [3.8, 4) is 11.5 Å². The Hall–Kier alpha value is -2.00. The van der Waals surface area contributed by atoms with E-state index in [0.29, 0.717) is 18.8 Å². The SMILES string of the molecule is CC(c1ccc2c(c1)OCO2)C(C)N(C)Cc1ccccc1. The molecule has 1 aliphatic heterocycles. The van der Waals surface area contributed by atoms with Gasteiger partial charge in [0.2, 0.25) is 6.79 Å². The number of rotatable bonds is 5. The highest BCUT2D eigenvalue weighted by Gasteiger charge is 2.21. The molecule has 1 aliphatic rings. The number of fused-ring (bicyclic) bond motifs is 1. The molecular formula is C19H23NO2. The van der Waals surface area contributed by atoms with Crippen LogP contribution in [0.3, 0.4) is 0 Å². The first-order chi connectivity index (χ1) is 10.6. The molecule has 0 radical (unpaired) electrons. The lowest BCUT2D eigenvalue weighted by Gasteiger charge is -2.30. The second-order valence-corrected chi connectivity index (χ2v) is 6.04. The Morgan fingerprint density at radius 2 is 1.73 bits per heavy atom. The normalized spacial score (nSPS) is 15.8. The quantitative estimate of drug-likeness (QED) is 0.831. The average Bonchev–Trinajstić information content (AvgIpc) is 3.02. The number of ether oxygens (including phenoxy) is 2. The zero-order valence-corrected chi connectivity index (χ0v) is 13.5. The maximum absolute atomic E-state index is 5.49. The maximum atomic E-state index is 5.49. The molecule has 2 aromatic rings. The van der Waals surface area contributed by atoms with Crippen LogP contribution in [-0.2, 0) is 6.54 Å². The minimum absolute atomic E-state index is 0.330. The highest BCUT2D eigenvalue weighted by atomic mass is 16.7. The van der Waals surface area contributed by atoms with Crippen LogP contribution in [-0.4, -0.2) is 24.8 Å². The van der Waals surface area contributed by atoms with Crippen LogP contribution in [0.1, 0.15) is 30.9 Å². The summed E-state index contributed by atoms with van der Waals surface area (Å²) in [5.74, 6) is 2.13. The summed E-state index contributed by atoms with van der Waals surface area (Å²) < 4.78 is 10.9. The van der Waals surface area contributed by atoms with Crippen molar-refractivity contribution in [3.63, 3.8) is 0 Å². The third kappa shape index (κ3) is 3.09. The summed E-state index contributed by atoms with van der Waals surface area (Å²) in [6.45, 7) is 5.83. The second-order valence-electron chi connectivity index (χ2n) is 6.04. The van der Waals surface area contributed by atoms with Gasteiger partial charge in [0, 0.05) is 12.6 Å².